The third-order valence-corrected chi connectivity index (χ3v) is 2.10. The smallest absolute Gasteiger partial charge is 0.199 e. The number of nitrogens with two attached hydrogens (primary N) is 1. The average Bonchev–Trinajstić information content (AvgIpc) is 3.02. The van der Waals surface area contributed by atoms with Gasteiger partial charge in [0.15, 0.2) is 17.4 Å². The minimum atomic E-state index is 0.332. The molecule has 2 N–H and O–H groups in total. The maximum absolute atomic E-state index is 5.71. The summed E-state index contributed by atoms with van der Waals surface area (Å²) in [6.45, 7) is 0. The molecule has 0 bridgehead atoms. The number of hydrogen-bond donors (Lipinski definition) is 1. The highest BCUT2D eigenvalue weighted by Crippen LogP contribution is 2.17. The summed E-state index contributed by atoms with van der Waals surface area (Å²) in [4.78, 5) is 9.73. The van der Waals surface area contributed by atoms with E-state index in [1.807, 2.05) is 0 Å². The van der Waals surface area contributed by atoms with E-state index in [2.05, 4.69) is 20.2 Å². The van der Waals surface area contributed by atoms with Crippen LogP contribution in [0.4, 0.5) is 5.82 Å². The summed E-state index contributed by atoms with van der Waals surface area (Å²) in [7, 11) is 0. The molecular weight excluding hydrogens is 220 g/mol. The van der Waals surface area contributed by atoms with Crippen LogP contribution in [0.25, 0.3) is 17.4 Å². The molecule has 0 unspecified atom stereocenters. The lowest BCUT2D eigenvalue weighted by molar-refractivity contribution is 0.576. The van der Waals surface area contributed by atoms with Crippen LogP contribution in [0.3, 0.4) is 0 Å². The summed E-state index contributed by atoms with van der Waals surface area (Å²) < 4.78 is 5.22. The molecule has 0 atom stereocenters. The standard InChI is InChI=1S/C10H8N6O/c11-8-6-9(16-12-3-4-13-16)15-10(14-8)7-2-1-5-17-7/h1-6H,(H2,11,14,15). The van der Waals surface area contributed by atoms with Gasteiger partial charge in [0.2, 0.25) is 0 Å². The molecule has 0 aliphatic heterocycles. The number of anilines is 1. The van der Waals surface area contributed by atoms with E-state index in [-0.39, 0.29) is 0 Å². The summed E-state index contributed by atoms with van der Waals surface area (Å²) in [5, 5.41) is 7.96. The Hall–Kier alpha value is -2.70. The van der Waals surface area contributed by atoms with E-state index in [1.54, 1.807) is 36.9 Å². The Bertz CT molecular complexity index is 564. The van der Waals surface area contributed by atoms with Crippen molar-refractivity contribution in [2.45, 2.75) is 0 Å². The summed E-state index contributed by atoms with van der Waals surface area (Å²) in [5.74, 6) is 1.78. The van der Waals surface area contributed by atoms with Crippen molar-refractivity contribution < 1.29 is 4.42 Å². The molecule has 17 heavy (non-hydrogen) atoms. The highest BCUT2D eigenvalue weighted by atomic mass is 16.3. The monoisotopic (exact) mass is 228 g/mol. The number of rotatable bonds is 2. The van der Waals surface area contributed by atoms with Gasteiger partial charge in [-0.1, -0.05) is 0 Å². The summed E-state index contributed by atoms with van der Waals surface area (Å²) in [5.41, 5.74) is 5.71. The lowest BCUT2D eigenvalue weighted by Crippen LogP contribution is -2.05. The molecule has 0 fully saturated rings. The van der Waals surface area contributed by atoms with Crippen molar-refractivity contribution >= 4 is 5.82 Å². The Labute approximate surface area is 95.9 Å². The fraction of sp³-hybridized carbons (Fsp3) is 0. The van der Waals surface area contributed by atoms with E-state index in [1.165, 1.54) is 4.80 Å². The van der Waals surface area contributed by atoms with Crippen LogP contribution in [-0.4, -0.2) is 25.0 Å². The van der Waals surface area contributed by atoms with Crippen LogP contribution in [0, 0.1) is 0 Å². The molecule has 3 rings (SSSR count). The molecule has 0 aliphatic rings. The molecule has 7 heteroatoms. The van der Waals surface area contributed by atoms with E-state index in [4.69, 9.17) is 10.2 Å². The van der Waals surface area contributed by atoms with Crippen LogP contribution >= 0.6 is 0 Å². The minimum absolute atomic E-state index is 0.332. The second-order valence-corrected chi connectivity index (χ2v) is 3.27. The zero-order chi connectivity index (χ0) is 11.7. The predicted molar refractivity (Wildman–Crippen MR) is 59.1 cm³/mol. The van der Waals surface area contributed by atoms with Crippen molar-refractivity contribution in [2.75, 3.05) is 5.73 Å². The van der Waals surface area contributed by atoms with Gasteiger partial charge in [-0.05, 0) is 12.1 Å². The average molecular weight is 228 g/mol. The van der Waals surface area contributed by atoms with Gasteiger partial charge in [0.25, 0.3) is 0 Å². The predicted octanol–water partition coefficient (Wildman–Crippen LogP) is 0.899. The van der Waals surface area contributed by atoms with Crippen molar-refractivity contribution in [3.05, 3.63) is 36.9 Å². The molecule has 0 spiro atoms. The Morgan fingerprint density at radius 1 is 1.18 bits per heavy atom. The fourth-order valence-corrected chi connectivity index (χ4v) is 1.41. The van der Waals surface area contributed by atoms with Crippen LogP contribution in [0.5, 0.6) is 0 Å². The maximum atomic E-state index is 5.71. The number of nitrogen functional groups attached to an aromatic ring is 1. The lowest BCUT2D eigenvalue weighted by atomic mass is 10.4. The number of aromatic nitrogens is 5. The Morgan fingerprint density at radius 3 is 2.71 bits per heavy atom. The second kappa shape index (κ2) is 3.71. The third-order valence-electron chi connectivity index (χ3n) is 2.10. The Kier molecular flexibility index (Phi) is 2.08. The van der Waals surface area contributed by atoms with E-state index >= 15 is 0 Å². The van der Waals surface area contributed by atoms with Crippen LogP contribution in [0.2, 0.25) is 0 Å². The van der Waals surface area contributed by atoms with Crippen LogP contribution in [0.15, 0.2) is 41.3 Å². The van der Waals surface area contributed by atoms with Crippen molar-refractivity contribution in [2.24, 2.45) is 0 Å². The number of furan rings is 1. The summed E-state index contributed by atoms with van der Waals surface area (Å²) in [6, 6.07) is 5.11. The Morgan fingerprint density at radius 2 is 2.00 bits per heavy atom. The number of nitrogens with zero attached hydrogens (tertiary/aromatic N) is 5. The van der Waals surface area contributed by atoms with Crippen LogP contribution in [-0.2, 0) is 0 Å². The van der Waals surface area contributed by atoms with Crippen molar-refractivity contribution in [3.8, 4) is 17.4 Å². The molecule has 7 nitrogen and oxygen atoms in total. The third kappa shape index (κ3) is 1.73. The van der Waals surface area contributed by atoms with Crippen LogP contribution < -0.4 is 5.73 Å². The van der Waals surface area contributed by atoms with Crippen molar-refractivity contribution in [1.82, 2.24) is 25.0 Å². The first-order valence-corrected chi connectivity index (χ1v) is 4.88. The fourth-order valence-electron chi connectivity index (χ4n) is 1.41. The molecule has 3 aromatic rings. The molecule has 0 saturated heterocycles. The lowest BCUT2D eigenvalue weighted by Gasteiger charge is -2.02. The van der Waals surface area contributed by atoms with E-state index in [9.17, 15) is 0 Å². The highest BCUT2D eigenvalue weighted by molar-refractivity contribution is 5.52. The molecule has 3 aromatic heterocycles. The molecular formula is C10H8N6O. The van der Waals surface area contributed by atoms with Gasteiger partial charge in [0, 0.05) is 6.07 Å². The molecule has 0 saturated carbocycles. The van der Waals surface area contributed by atoms with Gasteiger partial charge in [-0.3, -0.25) is 0 Å². The van der Waals surface area contributed by atoms with Gasteiger partial charge in [0.1, 0.15) is 5.82 Å². The SMILES string of the molecule is Nc1cc(-n2nccn2)nc(-c2ccco2)n1. The molecule has 3 heterocycles. The normalized spacial score (nSPS) is 10.6. The second-order valence-electron chi connectivity index (χ2n) is 3.27. The van der Waals surface area contributed by atoms with Gasteiger partial charge < -0.3 is 10.2 Å². The number of hydrogen-bond acceptors (Lipinski definition) is 6. The minimum Gasteiger partial charge on any atom is -0.461 e. The topological polar surface area (TPSA) is 95.7 Å². The van der Waals surface area contributed by atoms with E-state index in [0.29, 0.717) is 23.2 Å². The van der Waals surface area contributed by atoms with Crippen molar-refractivity contribution in [1.29, 1.82) is 0 Å². The quantitative estimate of drug-likeness (QED) is 0.700. The van der Waals surface area contributed by atoms with Gasteiger partial charge in [0.05, 0.1) is 18.7 Å². The first-order chi connectivity index (χ1) is 8.33. The van der Waals surface area contributed by atoms with Crippen LogP contribution in [0.1, 0.15) is 0 Å². The first-order valence-electron chi connectivity index (χ1n) is 4.88. The zero-order valence-corrected chi connectivity index (χ0v) is 8.69. The van der Waals surface area contributed by atoms with E-state index < -0.39 is 0 Å². The largest absolute Gasteiger partial charge is 0.461 e. The Balaban J connectivity index is 2.13. The molecule has 0 radical (unpaired) electrons. The first kappa shape index (κ1) is 9.52. The van der Waals surface area contributed by atoms with Crippen molar-refractivity contribution in [3.63, 3.8) is 0 Å². The zero-order valence-electron chi connectivity index (χ0n) is 8.69. The summed E-state index contributed by atoms with van der Waals surface area (Å²) in [6.07, 6.45) is 4.67. The van der Waals surface area contributed by atoms with Gasteiger partial charge in [-0.15, -0.1) is 4.80 Å². The molecule has 0 aromatic carbocycles. The summed E-state index contributed by atoms with van der Waals surface area (Å²) >= 11 is 0. The van der Waals surface area contributed by atoms with Gasteiger partial charge >= 0.3 is 0 Å². The molecule has 0 amide bonds. The van der Waals surface area contributed by atoms with E-state index in [0.717, 1.165) is 0 Å². The molecule has 0 aliphatic carbocycles. The maximum Gasteiger partial charge on any atom is 0.199 e. The van der Waals surface area contributed by atoms with Gasteiger partial charge in [-0.25, -0.2) is 9.97 Å². The molecule has 84 valence electrons. The van der Waals surface area contributed by atoms with Gasteiger partial charge in [-0.2, -0.15) is 10.2 Å². The highest BCUT2D eigenvalue weighted by Gasteiger charge is 2.09.